The fraction of sp³-hybridized carbons (Fsp3) is 0.923. The Bertz CT molecular complexity index is 230. The second-order valence-electron chi connectivity index (χ2n) is 5.50. The molecule has 0 aliphatic carbocycles. The van der Waals surface area contributed by atoms with Crippen molar-refractivity contribution in [2.24, 2.45) is 0 Å². The van der Waals surface area contributed by atoms with Crippen molar-refractivity contribution in [1.82, 2.24) is 9.80 Å². The second kappa shape index (κ2) is 5.28. The Labute approximate surface area is 98.8 Å². The first-order valence-corrected chi connectivity index (χ1v) is 6.59. The summed E-state index contributed by atoms with van der Waals surface area (Å²) in [5.41, 5.74) is 0. The maximum absolute atomic E-state index is 12.0. The molecular formula is C13H24N2O. The van der Waals surface area contributed by atoms with Gasteiger partial charge >= 0.3 is 0 Å². The number of carbonyl (C=O) groups is 1. The van der Waals surface area contributed by atoms with Crippen LogP contribution in [0.1, 0.15) is 38.5 Å². The van der Waals surface area contributed by atoms with Crippen LogP contribution in [0.25, 0.3) is 0 Å². The lowest BCUT2D eigenvalue weighted by atomic mass is 10.0. The monoisotopic (exact) mass is 224 g/mol. The lowest BCUT2D eigenvalue weighted by molar-refractivity contribution is -0.120. The number of rotatable bonds is 4. The van der Waals surface area contributed by atoms with E-state index in [0.717, 1.165) is 12.8 Å². The molecule has 0 spiro atoms. The van der Waals surface area contributed by atoms with Gasteiger partial charge in [0.2, 0.25) is 0 Å². The van der Waals surface area contributed by atoms with Crippen molar-refractivity contribution in [3.05, 3.63) is 0 Å². The number of hydrogen-bond acceptors (Lipinski definition) is 3. The summed E-state index contributed by atoms with van der Waals surface area (Å²) in [7, 11) is 4.29. The van der Waals surface area contributed by atoms with E-state index in [-0.39, 0.29) is 0 Å². The van der Waals surface area contributed by atoms with E-state index in [1.807, 2.05) is 0 Å². The van der Waals surface area contributed by atoms with Gasteiger partial charge in [-0.25, -0.2) is 0 Å². The summed E-state index contributed by atoms with van der Waals surface area (Å²) >= 11 is 0. The quantitative estimate of drug-likeness (QED) is 0.723. The highest BCUT2D eigenvalue weighted by molar-refractivity contribution is 5.79. The van der Waals surface area contributed by atoms with E-state index in [0.29, 0.717) is 17.9 Å². The third-order valence-corrected chi connectivity index (χ3v) is 4.27. The molecule has 2 aliphatic rings. The maximum atomic E-state index is 12.0. The van der Waals surface area contributed by atoms with Crippen molar-refractivity contribution in [3.8, 4) is 0 Å². The average Bonchev–Trinajstić information content (AvgIpc) is 2.79. The molecule has 2 unspecified atom stereocenters. The Morgan fingerprint density at radius 1 is 1.00 bits per heavy atom. The van der Waals surface area contributed by atoms with Gasteiger partial charge in [0, 0.05) is 24.9 Å². The van der Waals surface area contributed by atoms with Gasteiger partial charge in [0.1, 0.15) is 5.78 Å². The summed E-state index contributed by atoms with van der Waals surface area (Å²) in [6, 6.07) is 1.05. The van der Waals surface area contributed by atoms with Gasteiger partial charge in [-0.2, -0.15) is 0 Å². The Kier molecular flexibility index (Phi) is 3.98. The first kappa shape index (κ1) is 12.1. The van der Waals surface area contributed by atoms with Gasteiger partial charge in [0.15, 0.2) is 0 Å². The summed E-state index contributed by atoms with van der Waals surface area (Å²) < 4.78 is 0. The van der Waals surface area contributed by atoms with Gasteiger partial charge in [0.25, 0.3) is 0 Å². The highest BCUT2D eigenvalue weighted by atomic mass is 16.1. The smallest absolute Gasteiger partial charge is 0.136 e. The van der Waals surface area contributed by atoms with E-state index in [2.05, 4.69) is 23.9 Å². The number of nitrogens with zero attached hydrogens (tertiary/aromatic N) is 2. The van der Waals surface area contributed by atoms with E-state index in [9.17, 15) is 4.79 Å². The molecule has 3 heteroatoms. The molecule has 0 aromatic heterocycles. The summed E-state index contributed by atoms with van der Waals surface area (Å²) in [5, 5.41) is 0. The molecule has 0 saturated carbocycles. The lowest BCUT2D eigenvalue weighted by Crippen LogP contribution is -2.31. The van der Waals surface area contributed by atoms with Crippen molar-refractivity contribution in [2.75, 3.05) is 27.2 Å². The van der Waals surface area contributed by atoms with E-state index >= 15 is 0 Å². The van der Waals surface area contributed by atoms with Crippen LogP contribution in [0.2, 0.25) is 0 Å². The number of hydrogen-bond donors (Lipinski definition) is 0. The predicted molar refractivity (Wildman–Crippen MR) is 65.5 cm³/mol. The molecule has 0 aromatic carbocycles. The largest absolute Gasteiger partial charge is 0.303 e. The molecule has 0 aromatic rings. The summed E-state index contributed by atoms with van der Waals surface area (Å²) in [6.07, 6.45) is 6.50. The molecule has 2 heterocycles. The summed E-state index contributed by atoms with van der Waals surface area (Å²) in [5.74, 6) is 0.470. The van der Waals surface area contributed by atoms with Crippen molar-refractivity contribution in [1.29, 1.82) is 0 Å². The molecule has 0 bridgehead atoms. The standard InChI is InChI=1S/C13H24N2O/c1-14-7-3-5-11(14)9-13(16)10-12-6-4-8-15(12)2/h11-12H,3-10H2,1-2H3. The second-order valence-corrected chi connectivity index (χ2v) is 5.50. The van der Waals surface area contributed by atoms with Gasteiger partial charge < -0.3 is 9.80 Å². The predicted octanol–water partition coefficient (Wildman–Crippen LogP) is 1.52. The molecule has 92 valence electrons. The van der Waals surface area contributed by atoms with Gasteiger partial charge in [0.05, 0.1) is 0 Å². The van der Waals surface area contributed by atoms with Crippen molar-refractivity contribution in [2.45, 2.75) is 50.6 Å². The zero-order chi connectivity index (χ0) is 11.5. The first-order valence-electron chi connectivity index (χ1n) is 6.59. The number of ketones is 1. The highest BCUT2D eigenvalue weighted by Crippen LogP contribution is 2.22. The molecule has 2 rings (SSSR count). The number of Topliss-reactive ketones (excluding diaryl/α,β-unsaturated/α-hetero) is 1. The molecule has 2 fully saturated rings. The minimum Gasteiger partial charge on any atom is -0.303 e. The third-order valence-electron chi connectivity index (χ3n) is 4.27. The Morgan fingerprint density at radius 2 is 1.44 bits per heavy atom. The molecule has 3 nitrogen and oxygen atoms in total. The topological polar surface area (TPSA) is 23.6 Å². The van der Waals surface area contributed by atoms with Gasteiger partial charge in [-0.05, 0) is 52.9 Å². The van der Waals surface area contributed by atoms with E-state index in [1.54, 1.807) is 0 Å². The van der Waals surface area contributed by atoms with Gasteiger partial charge in [-0.1, -0.05) is 0 Å². The van der Waals surface area contributed by atoms with Crippen LogP contribution in [0.5, 0.6) is 0 Å². The Hall–Kier alpha value is -0.410. The molecule has 2 aliphatic heterocycles. The van der Waals surface area contributed by atoms with Crippen LogP contribution >= 0.6 is 0 Å². The molecule has 0 amide bonds. The SMILES string of the molecule is CN1CCCC1CC(=O)CC1CCCN1C. The minimum atomic E-state index is 0.470. The van der Waals surface area contributed by atoms with E-state index in [4.69, 9.17) is 0 Å². The normalized spacial score (nSPS) is 32.4. The molecule has 0 N–H and O–H groups in total. The first-order chi connectivity index (χ1) is 7.66. The Morgan fingerprint density at radius 3 is 1.75 bits per heavy atom. The number of carbonyl (C=O) groups excluding carboxylic acids is 1. The van der Waals surface area contributed by atoms with E-state index in [1.165, 1.54) is 38.8 Å². The Balaban J connectivity index is 1.75. The summed E-state index contributed by atoms with van der Waals surface area (Å²) in [4.78, 5) is 16.7. The van der Waals surface area contributed by atoms with Crippen LogP contribution in [-0.2, 0) is 4.79 Å². The lowest BCUT2D eigenvalue weighted by Gasteiger charge is -2.21. The van der Waals surface area contributed by atoms with Crippen LogP contribution < -0.4 is 0 Å². The molecule has 2 saturated heterocycles. The van der Waals surface area contributed by atoms with Crippen LogP contribution in [-0.4, -0.2) is 54.9 Å². The average molecular weight is 224 g/mol. The maximum Gasteiger partial charge on any atom is 0.136 e. The molecule has 0 radical (unpaired) electrons. The van der Waals surface area contributed by atoms with Crippen LogP contribution in [0.4, 0.5) is 0 Å². The zero-order valence-electron chi connectivity index (χ0n) is 10.6. The molecular weight excluding hydrogens is 200 g/mol. The van der Waals surface area contributed by atoms with Crippen LogP contribution in [0.15, 0.2) is 0 Å². The number of likely N-dealkylation sites (tertiary alicyclic amines) is 2. The fourth-order valence-corrected chi connectivity index (χ4v) is 3.08. The van der Waals surface area contributed by atoms with Crippen LogP contribution in [0.3, 0.4) is 0 Å². The third kappa shape index (κ3) is 2.83. The minimum absolute atomic E-state index is 0.470. The van der Waals surface area contributed by atoms with Crippen molar-refractivity contribution < 1.29 is 4.79 Å². The zero-order valence-corrected chi connectivity index (χ0v) is 10.6. The molecule has 2 atom stereocenters. The highest BCUT2D eigenvalue weighted by Gasteiger charge is 2.27. The van der Waals surface area contributed by atoms with Crippen molar-refractivity contribution >= 4 is 5.78 Å². The summed E-state index contributed by atoms with van der Waals surface area (Å²) in [6.45, 7) is 2.34. The van der Waals surface area contributed by atoms with E-state index < -0.39 is 0 Å². The fourth-order valence-electron chi connectivity index (χ4n) is 3.08. The van der Waals surface area contributed by atoms with Crippen LogP contribution in [0, 0.1) is 0 Å². The molecule has 16 heavy (non-hydrogen) atoms. The van der Waals surface area contributed by atoms with Crippen molar-refractivity contribution in [3.63, 3.8) is 0 Å². The van der Waals surface area contributed by atoms with Gasteiger partial charge in [-0.15, -0.1) is 0 Å². The van der Waals surface area contributed by atoms with Gasteiger partial charge in [-0.3, -0.25) is 4.79 Å².